The fraction of sp³-hybridized carbons (Fsp3) is 0.929. The van der Waals surface area contributed by atoms with E-state index in [0.717, 1.165) is 6.42 Å². The van der Waals surface area contributed by atoms with Crippen molar-refractivity contribution in [2.45, 2.75) is 57.7 Å². The molecule has 2 aliphatic rings. The molecule has 3 atom stereocenters. The van der Waals surface area contributed by atoms with Crippen LogP contribution in [-0.2, 0) is 19.7 Å². The first-order chi connectivity index (χ1) is 10.5. The third kappa shape index (κ3) is 4.57. The molecule has 1 N–H and O–H groups in total. The third-order valence-corrected chi connectivity index (χ3v) is 8.78. The van der Waals surface area contributed by atoms with Crippen molar-refractivity contribution in [3.05, 3.63) is 0 Å². The maximum absolute atomic E-state index is 11.8. The lowest BCUT2D eigenvalue weighted by Crippen LogP contribution is -2.57. The van der Waals surface area contributed by atoms with Crippen LogP contribution in [0, 0.1) is 0 Å². The Morgan fingerprint density at radius 1 is 1.30 bits per heavy atom. The molecule has 0 aromatic carbocycles. The Balaban J connectivity index is 2.15. The molecule has 9 heteroatoms. The zero-order valence-corrected chi connectivity index (χ0v) is 16.4. The smallest absolute Gasteiger partial charge is 0.169 e. The molecular formula is C14H26N2O4S3. The summed E-state index contributed by atoms with van der Waals surface area (Å²) in [5.74, 6) is 0.546. The van der Waals surface area contributed by atoms with E-state index in [-0.39, 0.29) is 35.1 Å². The van der Waals surface area contributed by atoms with Crippen LogP contribution in [-0.4, -0.2) is 67.5 Å². The highest BCUT2D eigenvalue weighted by Gasteiger charge is 2.41. The predicted molar refractivity (Wildman–Crippen MR) is 96.1 cm³/mol. The Morgan fingerprint density at radius 3 is 2.39 bits per heavy atom. The summed E-state index contributed by atoms with van der Waals surface area (Å²) in [6, 6.07) is -0.0218. The molecule has 2 heterocycles. The molecule has 3 unspecified atom stereocenters. The highest BCUT2D eigenvalue weighted by atomic mass is 32.2. The highest BCUT2D eigenvalue weighted by molar-refractivity contribution is 7.92. The van der Waals surface area contributed by atoms with E-state index in [4.69, 9.17) is 12.2 Å². The van der Waals surface area contributed by atoms with Gasteiger partial charge in [0.25, 0.3) is 0 Å². The van der Waals surface area contributed by atoms with Crippen molar-refractivity contribution in [2.24, 2.45) is 0 Å². The Hall–Kier alpha value is -0.410. The van der Waals surface area contributed by atoms with Gasteiger partial charge in [-0.25, -0.2) is 16.8 Å². The van der Waals surface area contributed by atoms with Gasteiger partial charge in [-0.15, -0.1) is 0 Å². The molecule has 23 heavy (non-hydrogen) atoms. The Morgan fingerprint density at radius 2 is 1.96 bits per heavy atom. The van der Waals surface area contributed by atoms with Gasteiger partial charge in [0.05, 0.1) is 28.6 Å². The zero-order valence-electron chi connectivity index (χ0n) is 13.9. The van der Waals surface area contributed by atoms with Crippen molar-refractivity contribution >= 4 is 37.0 Å². The topological polar surface area (TPSA) is 83.6 Å². The molecule has 0 bridgehead atoms. The summed E-state index contributed by atoms with van der Waals surface area (Å²) in [7, 11) is -6.03. The van der Waals surface area contributed by atoms with Crippen molar-refractivity contribution in [1.29, 1.82) is 0 Å². The van der Waals surface area contributed by atoms with E-state index in [1.54, 1.807) is 0 Å². The standard InChI is InChI=1S/C14H26N2O4S3/c1-4-11(2)16(12-5-7-22(17,18)9-12)13(21)15-14(3)6-8-23(19,20)10-14/h11-12H,4-10H2,1-3H3,(H,15,21). The van der Waals surface area contributed by atoms with Crippen molar-refractivity contribution in [1.82, 2.24) is 10.2 Å². The lowest BCUT2D eigenvalue weighted by atomic mass is 10.0. The third-order valence-electron chi connectivity index (χ3n) is 4.81. The second-order valence-electron chi connectivity index (χ2n) is 7.05. The molecule has 2 fully saturated rings. The maximum Gasteiger partial charge on any atom is 0.169 e. The van der Waals surface area contributed by atoms with Crippen LogP contribution in [0.25, 0.3) is 0 Å². The quantitative estimate of drug-likeness (QED) is 0.718. The molecule has 0 saturated carbocycles. The van der Waals surface area contributed by atoms with Crippen LogP contribution in [0.1, 0.15) is 40.0 Å². The SMILES string of the molecule is CCC(C)N(C(=S)NC1(C)CCS(=O)(=O)C1)C1CCS(=O)(=O)C1. The first kappa shape index (κ1) is 18.9. The van der Waals surface area contributed by atoms with Gasteiger partial charge in [0.2, 0.25) is 0 Å². The molecule has 0 aliphatic carbocycles. The molecule has 134 valence electrons. The Kier molecular flexibility index (Phi) is 5.33. The van der Waals surface area contributed by atoms with Gasteiger partial charge in [-0.05, 0) is 45.3 Å². The molecular weight excluding hydrogens is 356 g/mol. The monoisotopic (exact) mass is 382 g/mol. The molecule has 0 aromatic heterocycles. The number of nitrogens with zero attached hydrogens (tertiary/aromatic N) is 1. The van der Waals surface area contributed by atoms with Crippen LogP contribution >= 0.6 is 12.2 Å². The van der Waals surface area contributed by atoms with Gasteiger partial charge in [0, 0.05) is 12.1 Å². The minimum Gasteiger partial charge on any atom is -0.356 e. The summed E-state index contributed by atoms with van der Waals surface area (Å²) in [6.07, 6.45) is 1.93. The first-order valence-corrected chi connectivity index (χ1v) is 12.0. The van der Waals surface area contributed by atoms with Crippen LogP contribution < -0.4 is 5.32 Å². The molecule has 0 amide bonds. The number of nitrogens with one attached hydrogen (secondary N) is 1. The van der Waals surface area contributed by atoms with E-state index >= 15 is 0 Å². The van der Waals surface area contributed by atoms with Gasteiger partial charge < -0.3 is 10.2 Å². The number of hydrogen-bond donors (Lipinski definition) is 1. The fourth-order valence-electron chi connectivity index (χ4n) is 3.35. The number of thiocarbonyl (C=S) groups is 1. The summed E-state index contributed by atoms with van der Waals surface area (Å²) >= 11 is 5.54. The van der Waals surface area contributed by atoms with E-state index in [1.807, 2.05) is 25.7 Å². The van der Waals surface area contributed by atoms with E-state index in [2.05, 4.69) is 5.32 Å². The summed E-state index contributed by atoms with van der Waals surface area (Å²) < 4.78 is 47.1. The van der Waals surface area contributed by atoms with E-state index in [1.165, 1.54) is 0 Å². The van der Waals surface area contributed by atoms with Gasteiger partial charge >= 0.3 is 0 Å². The minimum atomic E-state index is -3.03. The van der Waals surface area contributed by atoms with Gasteiger partial charge in [0.15, 0.2) is 24.8 Å². The first-order valence-electron chi connectivity index (χ1n) is 7.98. The van der Waals surface area contributed by atoms with Crippen LogP contribution in [0.2, 0.25) is 0 Å². The second-order valence-corrected chi connectivity index (χ2v) is 11.9. The van der Waals surface area contributed by atoms with Crippen molar-refractivity contribution in [2.75, 3.05) is 23.0 Å². The maximum atomic E-state index is 11.8. The van der Waals surface area contributed by atoms with Gasteiger partial charge in [0.1, 0.15) is 0 Å². The zero-order chi connectivity index (χ0) is 17.5. The molecule has 0 radical (unpaired) electrons. The lowest BCUT2D eigenvalue weighted by molar-refractivity contribution is 0.249. The van der Waals surface area contributed by atoms with E-state index in [9.17, 15) is 16.8 Å². The van der Waals surface area contributed by atoms with E-state index in [0.29, 0.717) is 18.0 Å². The molecule has 2 rings (SSSR count). The predicted octanol–water partition coefficient (Wildman–Crippen LogP) is 0.726. The average Bonchev–Trinajstić information content (AvgIpc) is 2.88. The largest absolute Gasteiger partial charge is 0.356 e. The number of sulfone groups is 2. The van der Waals surface area contributed by atoms with Gasteiger partial charge in [-0.3, -0.25) is 0 Å². The van der Waals surface area contributed by atoms with Gasteiger partial charge in [-0.2, -0.15) is 0 Å². The number of rotatable bonds is 4. The second kappa shape index (κ2) is 6.48. The highest BCUT2D eigenvalue weighted by Crippen LogP contribution is 2.26. The molecule has 2 saturated heterocycles. The van der Waals surface area contributed by atoms with Crippen molar-refractivity contribution in [3.8, 4) is 0 Å². The van der Waals surface area contributed by atoms with Crippen LogP contribution in [0.3, 0.4) is 0 Å². The average molecular weight is 383 g/mol. The summed E-state index contributed by atoms with van der Waals surface area (Å²) in [5, 5.41) is 3.69. The van der Waals surface area contributed by atoms with Crippen LogP contribution in [0.5, 0.6) is 0 Å². The van der Waals surface area contributed by atoms with Crippen molar-refractivity contribution < 1.29 is 16.8 Å². The normalized spacial score (nSPS) is 33.3. The molecule has 6 nitrogen and oxygen atoms in total. The number of hydrogen-bond acceptors (Lipinski definition) is 5. The lowest BCUT2D eigenvalue weighted by Gasteiger charge is -2.39. The van der Waals surface area contributed by atoms with E-state index < -0.39 is 25.2 Å². The summed E-state index contributed by atoms with van der Waals surface area (Å²) in [4.78, 5) is 1.97. The Labute approximate surface area is 144 Å². The summed E-state index contributed by atoms with van der Waals surface area (Å²) in [5.41, 5.74) is -0.570. The van der Waals surface area contributed by atoms with Crippen molar-refractivity contribution in [3.63, 3.8) is 0 Å². The Bertz CT molecular complexity index is 674. The molecule has 0 aromatic rings. The summed E-state index contributed by atoms with van der Waals surface area (Å²) in [6.45, 7) is 5.92. The fourth-order valence-corrected chi connectivity index (χ4v) is 7.73. The molecule has 0 spiro atoms. The minimum absolute atomic E-state index is 0.0669. The molecule has 2 aliphatic heterocycles. The van der Waals surface area contributed by atoms with Gasteiger partial charge in [-0.1, -0.05) is 6.92 Å². The van der Waals surface area contributed by atoms with Crippen LogP contribution in [0.15, 0.2) is 0 Å². The van der Waals surface area contributed by atoms with Crippen LogP contribution in [0.4, 0.5) is 0 Å².